The highest BCUT2D eigenvalue weighted by Crippen LogP contribution is 2.25. The lowest BCUT2D eigenvalue weighted by Crippen LogP contribution is -2.38. The normalized spacial score (nSPS) is 15.9. The zero-order valence-corrected chi connectivity index (χ0v) is 16.2. The topological polar surface area (TPSA) is 71.1 Å². The minimum atomic E-state index is 0.147. The molecule has 28 heavy (non-hydrogen) atoms. The average molecular weight is 378 g/mol. The smallest absolute Gasteiger partial charge is 0.142 e. The summed E-state index contributed by atoms with van der Waals surface area (Å²) >= 11 is 0. The highest BCUT2D eigenvalue weighted by atomic mass is 16.5. The fraction of sp³-hybridized carbons (Fsp3) is 0.409. The maximum atomic E-state index is 12.8. The molecule has 2 aromatic heterocycles. The number of nitrogens with one attached hydrogen (secondary N) is 1. The number of carbonyl (C=O) groups is 1. The third-order valence-corrected chi connectivity index (χ3v) is 5.62. The summed E-state index contributed by atoms with van der Waals surface area (Å²) in [5.41, 5.74) is 3.01. The summed E-state index contributed by atoms with van der Waals surface area (Å²) in [4.78, 5) is 19.7. The molecule has 3 aromatic rings. The molecule has 0 saturated carbocycles. The van der Waals surface area contributed by atoms with E-state index >= 15 is 0 Å². The molecule has 6 heteroatoms. The minimum absolute atomic E-state index is 0.147. The van der Waals surface area contributed by atoms with E-state index in [1.54, 1.807) is 7.11 Å². The van der Waals surface area contributed by atoms with Gasteiger partial charge in [-0.2, -0.15) is 5.10 Å². The van der Waals surface area contributed by atoms with Crippen LogP contribution in [0, 0.1) is 5.92 Å². The van der Waals surface area contributed by atoms with Crippen molar-refractivity contribution in [2.45, 2.75) is 19.3 Å². The number of benzene rings is 1. The molecule has 1 N–H and O–H groups in total. The number of methoxy groups -OCH3 is 1. The minimum Gasteiger partial charge on any atom is -0.383 e. The summed E-state index contributed by atoms with van der Waals surface area (Å²) in [6.07, 6.45) is 7.83. The first-order valence-electron chi connectivity index (χ1n) is 9.85. The first-order chi connectivity index (χ1) is 13.7. The number of piperidine rings is 1. The van der Waals surface area contributed by atoms with Crippen molar-refractivity contribution in [1.82, 2.24) is 20.1 Å². The summed E-state index contributed by atoms with van der Waals surface area (Å²) in [6, 6.07) is 8.30. The molecule has 0 radical (unpaired) electrons. The number of rotatable bonds is 7. The molecular weight excluding hydrogens is 352 g/mol. The van der Waals surface area contributed by atoms with Gasteiger partial charge in [-0.25, -0.2) is 0 Å². The number of fused-ring (bicyclic) bond motifs is 1. The molecule has 1 fully saturated rings. The Balaban J connectivity index is 1.42. The van der Waals surface area contributed by atoms with Gasteiger partial charge in [-0.1, -0.05) is 12.1 Å². The van der Waals surface area contributed by atoms with E-state index in [4.69, 9.17) is 4.74 Å². The number of H-pyrrole nitrogens is 1. The Morgan fingerprint density at radius 2 is 2.04 bits per heavy atom. The lowest BCUT2D eigenvalue weighted by Gasteiger charge is -2.30. The zero-order valence-electron chi connectivity index (χ0n) is 16.2. The van der Waals surface area contributed by atoms with Gasteiger partial charge >= 0.3 is 0 Å². The number of hydrogen-bond donors (Lipinski definition) is 1. The fourth-order valence-corrected chi connectivity index (χ4v) is 3.89. The van der Waals surface area contributed by atoms with Crippen molar-refractivity contribution in [3.8, 4) is 11.1 Å². The molecule has 0 unspecified atom stereocenters. The van der Waals surface area contributed by atoms with Crippen LogP contribution in [-0.4, -0.2) is 59.2 Å². The van der Waals surface area contributed by atoms with Crippen molar-refractivity contribution >= 4 is 16.6 Å². The standard InChI is InChI=1S/C22H26N4O2/c1-28-9-8-26-6-4-16(5-7-26)22(27)12-21-11-19-10-17(20-14-24-25-15-20)2-3-18(19)13-23-21/h2-3,10-11,13-16H,4-9,12H2,1H3,(H,24,25). The molecule has 6 nitrogen and oxygen atoms in total. The van der Waals surface area contributed by atoms with Crippen LogP contribution >= 0.6 is 0 Å². The number of nitrogens with zero attached hydrogens (tertiary/aromatic N) is 3. The van der Waals surface area contributed by atoms with Gasteiger partial charge in [-0.05, 0) is 49.0 Å². The van der Waals surface area contributed by atoms with E-state index in [1.807, 2.05) is 24.7 Å². The molecule has 3 heterocycles. The second kappa shape index (κ2) is 8.63. The van der Waals surface area contributed by atoms with Gasteiger partial charge in [0.25, 0.3) is 0 Å². The number of aromatic amines is 1. The average Bonchev–Trinajstić information content (AvgIpc) is 3.27. The van der Waals surface area contributed by atoms with Crippen molar-refractivity contribution in [2.75, 3.05) is 33.4 Å². The van der Waals surface area contributed by atoms with Crippen molar-refractivity contribution in [3.05, 3.63) is 48.5 Å². The number of pyridine rings is 1. The van der Waals surface area contributed by atoms with Gasteiger partial charge in [-0.15, -0.1) is 0 Å². The predicted molar refractivity (Wildman–Crippen MR) is 109 cm³/mol. The highest BCUT2D eigenvalue weighted by Gasteiger charge is 2.25. The first-order valence-corrected chi connectivity index (χ1v) is 9.85. The summed E-state index contributed by atoms with van der Waals surface area (Å²) in [6.45, 7) is 3.64. The maximum absolute atomic E-state index is 12.8. The van der Waals surface area contributed by atoms with E-state index in [1.165, 1.54) is 0 Å². The Morgan fingerprint density at radius 1 is 1.18 bits per heavy atom. The van der Waals surface area contributed by atoms with Crippen molar-refractivity contribution in [3.63, 3.8) is 0 Å². The van der Waals surface area contributed by atoms with E-state index in [0.29, 0.717) is 12.2 Å². The van der Waals surface area contributed by atoms with Crippen LogP contribution in [0.2, 0.25) is 0 Å². The van der Waals surface area contributed by atoms with Gasteiger partial charge in [0.05, 0.1) is 12.8 Å². The molecule has 1 aromatic carbocycles. The van der Waals surface area contributed by atoms with Crippen molar-refractivity contribution in [2.24, 2.45) is 5.92 Å². The number of ether oxygens (including phenoxy) is 1. The monoisotopic (exact) mass is 378 g/mol. The van der Waals surface area contributed by atoms with Crippen molar-refractivity contribution in [1.29, 1.82) is 0 Å². The lowest BCUT2D eigenvalue weighted by atomic mass is 9.90. The zero-order chi connectivity index (χ0) is 19.3. The predicted octanol–water partition coefficient (Wildman–Crippen LogP) is 3.09. The number of aromatic nitrogens is 3. The van der Waals surface area contributed by atoms with E-state index in [-0.39, 0.29) is 5.92 Å². The van der Waals surface area contributed by atoms with Crippen LogP contribution in [0.5, 0.6) is 0 Å². The summed E-state index contributed by atoms with van der Waals surface area (Å²) in [5.74, 6) is 0.456. The largest absolute Gasteiger partial charge is 0.383 e. The van der Waals surface area contributed by atoms with E-state index in [2.05, 4.69) is 38.3 Å². The summed E-state index contributed by atoms with van der Waals surface area (Å²) in [7, 11) is 1.73. The number of Topliss-reactive ketones (excluding diaryl/α,β-unsaturated/α-hetero) is 1. The number of hydrogen-bond acceptors (Lipinski definition) is 5. The Hall–Kier alpha value is -2.57. The van der Waals surface area contributed by atoms with Gasteiger partial charge < -0.3 is 9.64 Å². The fourth-order valence-electron chi connectivity index (χ4n) is 3.89. The van der Waals surface area contributed by atoms with E-state index in [0.717, 1.165) is 66.7 Å². The van der Waals surface area contributed by atoms with Crippen molar-refractivity contribution < 1.29 is 9.53 Å². The van der Waals surface area contributed by atoms with E-state index in [9.17, 15) is 4.79 Å². The van der Waals surface area contributed by atoms with E-state index < -0.39 is 0 Å². The van der Waals surface area contributed by atoms with Gasteiger partial charge in [0.15, 0.2) is 0 Å². The third-order valence-electron chi connectivity index (χ3n) is 5.62. The SMILES string of the molecule is COCCN1CCC(C(=O)Cc2cc3cc(-c4cn[nH]c4)ccc3cn2)CC1. The highest BCUT2D eigenvalue weighted by molar-refractivity contribution is 5.88. The Kier molecular flexibility index (Phi) is 5.78. The van der Waals surface area contributed by atoms with Crippen LogP contribution < -0.4 is 0 Å². The molecule has 0 spiro atoms. The molecule has 0 aliphatic carbocycles. The molecule has 0 amide bonds. The molecule has 0 atom stereocenters. The number of carbonyl (C=O) groups excluding carboxylic acids is 1. The van der Waals surface area contributed by atoms with Crippen LogP contribution in [0.1, 0.15) is 18.5 Å². The molecule has 0 bridgehead atoms. The van der Waals surface area contributed by atoms with Gasteiger partial charge in [0.2, 0.25) is 0 Å². The molecule has 4 rings (SSSR count). The van der Waals surface area contributed by atoms with Crippen LogP contribution in [-0.2, 0) is 16.0 Å². The molecular formula is C22H26N4O2. The first kappa shape index (κ1) is 18.8. The van der Waals surface area contributed by atoms with Gasteiger partial charge in [0.1, 0.15) is 5.78 Å². The summed E-state index contributed by atoms with van der Waals surface area (Å²) < 4.78 is 5.14. The lowest BCUT2D eigenvalue weighted by molar-refractivity contribution is -0.123. The maximum Gasteiger partial charge on any atom is 0.142 e. The van der Waals surface area contributed by atoms with Crippen LogP contribution in [0.3, 0.4) is 0 Å². The molecule has 146 valence electrons. The van der Waals surface area contributed by atoms with Crippen LogP contribution in [0.4, 0.5) is 0 Å². The molecule has 1 aliphatic rings. The number of likely N-dealkylation sites (tertiary alicyclic amines) is 1. The van der Waals surface area contributed by atoms with Crippen LogP contribution in [0.25, 0.3) is 21.9 Å². The second-order valence-electron chi connectivity index (χ2n) is 7.48. The molecule has 1 aliphatic heterocycles. The Labute approximate surface area is 164 Å². The van der Waals surface area contributed by atoms with Gasteiger partial charge in [0, 0.05) is 55.0 Å². The van der Waals surface area contributed by atoms with Crippen LogP contribution in [0.15, 0.2) is 42.9 Å². The quantitative estimate of drug-likeness (QED) is 0.684. The summed E-state index contributed by atoms with van der Waals surface area (Å²) in [5, 5.41) is 9.04. The van der Waals surface area contributed by atoms with Gasteiger partial charge in [-0.3, -0.25) is 14.9 Å². The second-order valence-corrected chi connectivity index (χ2v) is 7.48. The Morgan fingerprint density at radius 3 is 2.79 bits per heavy atom. The number of ketones is 1. The molecule has 1 saturated heterocycles. The third kappa shape index (κ3) is 4.29. The Bertz CT molecular complexity index is 931.